The van der Waals surface area contributed by atoms with E-state index in [1.54, 1.807) is 0 Å². The minimum absolute atomic E-state index is 0.0727. The van der Waals surface area contributed by atoms with Gasteiger partial charge in [0, 0.05) is 30.2 Å². The Morgan fingerprint density at radius 2 is 1.92 bits per heavy atom. The predicted octanol–water partition coefficient (Wildman–Crippen LogP) is 4.71. The lowest BCUT2D eigenvalue weighted by Crippen LogP contribution is -2.33. The van der Waals surface area contributed by atoms with Crippen molar-refractivity contribution in [3.05, 3.63) is 53.1 Å². The molecule has 2 unspecified atom stereocenters. The molecule has 0 saturated carbocycles. The van der Waals surface area contributed by atoms with E-state index in [1.165, 1.54) is 17.0 Å². The second-order valence-electron chi connectivity index (χ2n) is 7.96. The molecule has 4 nitrogen and oxygen atoms in total. The smallest absolute Gasteiger partial charge is 0.170 e. The van der Waals surface area contributed by atoms with Crippen LogP contribution in [0, 0.1) is 19.8 Å². The first-order chi connectivity index (χ1) is 12.3. The molecular weight excluding hydrogens is 340 g/mol. The van der Waals surface area contributed by atoms with Gasteiger partial charge in [0.2, 0.25) is 0 Å². The fraction of sp³-hybridized carbons (Fsp3) is 0.524. The van der Waals surface area contributed by atoms with Gasteiger partial charge in [0.05, 0.1) is 17.8 Å². The predicted molar refractivity (Wildman–Crippen MR) is 111 cm³/mol. The van der Waals surface area contributed by atoms with Crippen LogP contribution in [0.5, 0.6) is 0 Å². The molecule has 26 heavy (non-hydrogen) atoms. The Bertz CT molecular complexity index is 779. The molecule has 3 rings (SSSR count). The van der Waals surface area contributed by atoms with Gasteiger partial charge in [0.1, 0.15) is 0 Å². The maximum Gasteiger partial charge on any atom is 0.170 e. The highest BCUT2D eigenvalue weighted by molar-refractivity contribution is 7.80. The maximum absolute atomic E-state index is 5.73. The average Bonchev–Trinajstić information content (AvgIpc) is 3.04. The van der Waals surface area contributed by atoms with E-state index in [0.717, 1.165) is 17.4 Å². The first-order valence-electron chi connectivity index (χ1n) is 9.47. The zero-order chi connectivity index (χ0) is 19.0. The zero-order valence-corrected chi connectivity index (χ0v) is 17.5. The summed E-state index contributed by atoms with van der Waals surface area (Å²) >= 11 is 5.73. The molecule has 2 atom stereocenters. The number of thiocarbonyl (C=S) groups is 1. The van der Waals surface area contributed by atoms with Crippen LogP contribution in [0.3, 0.4) is 0 Å². The van der Waals surface area contributed by atoms with Crippen LogP contribution >= 0.6 is 12.2 Å². The van der Waals surface area contributed by atoms with Crippen LogP contribution in [-0.2, 0) is 0 Å². The molecule has 0 bridgehead atoms. The Morgan fingerprint density at radius 1 is 1.19 bits per heavy atom. The van der Waals surface area contributed by atoms with Gasteiger partial charge in [-0.15, -0.1) is 0 Å². The maximum atomic E-state index is 5.73. The van der Waals surface area contributed by atoms with Gasteiger partial charge < -0.3 is 14.8 Å². The van der Waals surface area contributed by atoms with E-state index < -0.39 is 0 Å². The summed E-state index contributed by atoms with van der Waals surface area (Å²) in [5.74, 6) is 0.535. The van der Waals surface area contributed by atoms with Gasteiger partial charge in [-0.1, -0.05) is 19.9 Å². The van der Waals surface area contributed by atoms with E-state index in [4.69, 9.17) is 12.2 Å². The van der Waals surface area contributed by atoms with Crippen molar-refractivity contribution in [2.24, 2.45) is 5.92 Å². The van der Waals surface area contributed by atoms with Crippen LogP contribution in [0.25, 0.3) is 0 Å². The summed E-state index contributed by atoms with van der Waals surface area (Å²) in [6.07, 6.45) is 1.86. The van der Waals surface area contributed by atoms with E-state index in [9.17, 15) is 0 Å². The van der Waals surface area contributed by atoms with Crippen LogP contribution in [0.4, 0.5) is 0 Å². The lowest BCUT2D eigenvalue weighted by molar-refractivity contribution is 0.286. The zero-order valence-electron chi connectivity index (χ0n) is 16.7. The summed E-state index contributed by atoms with van der Waals surface area (Å²) in [4.78, 5) is 6.98. The third-order valence-corrected chi connectivity index (χ3v) is 5.47. The number of aryl methyl sites for hydroxylation is 1. The summed E-state index contributed by atoms with van der Waals surface area (Å²) in [6.45, 7) is 14.3. The molecule has 0 radical (unpaired) electrons. The second kappa shape index (κ2) is 7.39. The van der Waals surface area contributed by atoms with Gasteiger partial charge in [-0.05, 0) is 69.6 Å². The van der Waals surface area contributed by atoms with Gasteiger partial charge in [0.25, 0.3) is 0 Å². The molecule has 0 aromatic carbocycles. The van der Waals surface area contributed by atoms with Crippen molar-refractivity contribution in [2.45, 2.75) is 59.7 Å². The Hall–Kier alpha value is -1.88. The van der Waals surface area contributed by atoms with Crippen LogP contribution in [-0.4, -0.2) is 26.1 Å². The molecule has 1 aliphatic heterocycles. The SMILES string of the molecule is Cc1cc(C2C(c3ccccn3)NC(=S)N2CC(C)C)c(C)n1C(C)C. The van der Waals surface area contributed by atoms with E-state index >= 15 is 0 Å². The number of aromatic nitrogens is 2. The molecule has 0 aliphatic carbocycles. The van der Waals surface area contributed by atoms with Crippen molar-refractivity contribution < 1.29 is 0 Å². The van der Waals surface area contributed by atoms with E-state index in [0.29, 0.717) is 12.0 Å². The Kier molecular flexibility index (Phi) is 5.37. The van der Waals surface area contributed by atoms with Gasteiger partial charge in [0.15, 0.2) is 5.11 Å². The van der Waals surface area contributed by atoms with Gasteiger partial charge in [-0.3, -0.25) is 4.98 Å². The average molecular weight is 371 g/mol. The largest absolute Gasteiger partial charge is 0.352 e. The fourth-order valence-electron chi connectivity index (χ4n) is 4.23. The Morgan fingerprint density at radius 3 is 2.46 bits per heavy atom. The monoisotopic (exact) mass is 370 g/mol. The number of pyridine rings is 1. The van der Waals surface area contributed by atoms with Crippen molar-refractivity contribution in [1.29, 1.82) is 0 Å². The summed E-state index contributed by atoms with van der Waals surface area (Å²) in [5.41, 5.74) is 5.01. The molecular formula is C21H30N4S. The molecule has 0 spiro atoms. The van der Waals surface area contributed by atoms with Gasteiger partial charge in [-0.2, -0.15) is 0 Å². The van der Waals surface area contributed by atoms with Gasteiger partial charge >= 0.3 is 0 Å². The Balaban J connectivity index is 2.11. The molecule has 2 aromatic heterocycles. The summed E-state index contributed by atoms with van der Waals surface area (Å²) < 4.78 is 2.42. The van der Waals surface area contributed by atoms with E-state index in [2.05, 4.69) is 73.4 Å². The van der Waals surface area contributed by atoms with Crippen molar-refractivity contribution in [3.8, 4) is 0 Å². The number of nitrogens with zero attached hydrogens (tertiary/aromatic N) is 3. The number of hydrogen-bond donors (Lipinski definition) is 1. The molecule has 0 amide bonds. The molecule has 5 heteroatoms. The third kappa shape index (κ3) is 3.37. The number of nitrogens with one attached hydrogen (secondary N) is 1. The first-order valence-corrected chi connectivity index (χ1v) is 9.88. The van der Waals surface area contributed by atoms with Crippen LogP contribution in [0.15, 0.2) is 30.5 Å². The molecule has 1 N–H and O–H groups in total. The first kappa shape index (κ1) is 18.9. The number of hydrogen-bond acceptors (Lipinski definition) is 2. The van der Waals surface area contributed by atoms with Crippen LogP contribution in [0.1, 0.15) is 68.5 Å². The Labute approximate surface area is 162 Å². The molecule has 1 fully saturated rings. The molecule has 3 heterocycles. The quantitative estimate of drug-likeness (QED) is 0.773. The molecule has 1 aliphatic rings. The van der Waals surface area contributed by atoms with Crippen molar-refractivity contribution >= 4 is 17.3 Å². The molecule has 2 aromatic rings. The lowest BCUT2D eigenvalue weighted by atomic mass is 9.96. The van der Waals surface area contributed by atoms with E-state index in [-0.39, 0.29) is 12.1 Å². The van der Waals surface area contributed by atoms with Crippen molar-refractivity contribution in [1.82, 2.24) is 19.8 Å². The fourth-order valence-corrected chi connectivity index (χ4v) is 4.55. The minimum atomic E-state index is 0.0727. The summed E-state index contributed by atoms with van der Waals surface area (Å²) in [7, 11) is 0. The minimum Gasteiger partial charge on any atom is -0.352 e. The summed E-state index contributed by atoms with van der Waals surface area (Å²) in [5, 5.41) is 4.37. The standard InChI is InChI=1S/C21H30N4S/c1-13(2)12-24-20(17-11-15(5)25(14(3)4)16(17)6)19(23-21(24)26)18-9-7-8-10-22-18/h7-11,13-14,19-20H,12H2,1-6H3,(H,23,26). The highest BCUT2D eigenvalue weighted by atomic mass is 32.1. The molecule has 1 saturated heterocycles. The highest BCUT2D eigenvalue weighted by Gasteiger charge is 2.41. The third-order valence-electron chi connectivity index (χ3n) is 5.12. The topological polar surface area (TPSA) is 33.1 Å². The second-order valence-corrected chi connectivity index (χ2v) is 8.35. The highest BCUT2D eigenvalue weighted by Crippen LogP contribution is 2.41. The van der Waals surface area contributed by atoms with Crippen molar-refractivity contribution in [3.63, 3.8) is 0 Å². The molecule has 140 valence electrons. The number of rotatable bonds is 5. The van der Waals surface area contributed by atoms with E-state index in [1.807, 2.05) is 18.3 Å². The van der Waals surface area contributed by atoms with Crippen molar-refractivity contribution in [2.75, 3.05) is 6.54 Å². The van der Waals surface area contributed by atoms with Crippen LogP contribution in [0.2, 0.25) is 0 Å². The lowest BCUT2D eigenvalue weighted by Gasteiger charge is -2.29. The van der Waals surface area contributed by atoms with Crippen LogP contribution < -0.4 is 5.32 Å². The normalized spacial score (nSPS) is 20.3. The van der Waals surface area contributed by atoms with Gasteiger partial charge in [-0.25, -0.2) is 0 Å². The summed E-state index contributed by atoms with van der Waals surface area (Å²) in [6, 6.07) is 9.11.